The third-order valence-corrected chi connectivity index (χ3v) is 3.99. The highest BCUT2D eigenvalue weighted by Gasteiger charge is 2.17. The molecule has 0 spiro atoms. The molecule has 2 aromatic heterocycles. The Hall–Kier alpha value is -2.27. The average molecular weight is 347 g/mol. The summed E-state index contributed by atoms with van der Waals surface area (Å²) in [5, 5.41) is 0. The third kappa shape index (κ3) is 3.17. The molecule has 5 nitrogen and oxygen atoms in total. The number of nitrogens with zero attached hydrogens (tertiary/aromatic N) is 4. The maximum Gasteiger partial charge on any atom is 0.161 e. The van der Waals surface area contributed by atoms with E-state index in [1.54, 1.807) is 7.11 Å². The Bertz CT molecular complexity index is 827. The number of hydrogen-bond donors (Lipinski definition) is 0. The number of rotatable bonds is 4. The zero-order valence-electron chi connectivity index (χ0n) is 14.6. The second-order valence-corrected chi connectivity index (χ2v) is 5.90. The molecule has 6 heteroatoms. The number of halogens is 1. The molecule has 3 rings (SSSR count). The minimum absolute atomic E-state index is 0. The van der Waals surface area contributed by atoms with Crippen molar-refractivity contribution < 1.29 is 4.74 Å². The van der Waals surface area contributed by atoms with E-state index in [0.717, 1.165) is 34.1 Å². The molecule has 0 aliphatic heterocycles. The molecule has 0 unspecified atom stereocenters. The number of aryl methyl sites for hydroxylation is 1. The SMILES string of the molecule is COc1ccc(N(C)c2nc(C)nc3ccn(C(C)C)c23)cc1.Cl. The molecule has 0 N–H and O–H groups in total. The predicted molar refractivity (Wildman–Crippen MR) is 101 cm³/mol. The summed E-state index contributed by atoms with van der Waals surface area (Å²) >= 11 is 0. The zero-order valence-corrected chi connectivity index (χ0v) is 15.5. The largest absolute Gasteiger partial charge is 0.497 e. The summed E-state index contributed by atoms with van der Waals surface area (Å²) in [6.07, 6.45) is 2.08. The Balaban J connectivity index is 0.00000208. The summed E-state index contributed by atoms with van der Waals surface area (Å²) in [5.74, 6) is 2.53. The van der Waals surface area contributed by atoms with Crippen LogP contribution < -0.4 is 9.64 Å². The van der Waals surface area contributed by atoms with E-state index in [4.69, 9.17) is 9.72 Å². The van der Waals surface area contributed by atoms with Crippen LogP contribution in [-0.4, -0.2) is 28.7 Å². The molecule has 2 heterocycles. The highest BCUT2D eigenvalue weighted by Crippen LogP contribution is 2.31. The molecular weight excluding hydrogens is 324 g/mol. The molecule has 128 valence electrons. The minimum atomic E-state index is 0. The lowest BCUT2D eigenvalue weighted by molar-refractivity contribution is 0.415. The first-order valence-electron chi connectivity index (χ1n) is 7.74. The van der Waals surface area contributed by atoms with Gasteiger partial charge in [0.1, 0.15) is 17.1 Å². The lowest BCUT2D eigenvalue weighted by Crippen LogP contribution is -2.14. The Labute approximate surface area is 148 Å². The Morgan fingerprint density at radius 3 is 2.33 bits per heavy atom. The van der Waals surface area contributed by atoms with Gasteiger partial charge in [0.15, 0.2) is 5.82 Å². The standard InChI is InChI=1S/C18H22N4O.ClH/c1-12(2)22-11-10-16-17(22)18(20-13(3)19-16)21(4)14-6-8-15(23-5)9-7-14;/h6-12H,1-5H3;1H. The number of fused-ring (bicyclic) bond motifs is 1. The molecule has 3 aromatic rings. The van der Waals surface area contributed by atoms with Crippen molar-refractivity contribution in [2.75, 3.05) is 19.1 Å². The molecule has 0 saturated heterocycles. The quantitative estimate of drug-likeness (QED) is 0.696. The first kappa shape index (κ1) is 18.1. The van der Waals surface area contributed by atoms with E-state index in [-0.39, 0.29) is 12.4 Å². The fourth-order valence-corrected chi connectivity index (χ4v) is 2.75. The second kappa shape index (κ2) is 7.09. The number of methoxy groups -OCH3 is 1. The van der Waals surface area contributed by atoms with Gasteiger partial charge in [-0.3, -0.25) is 0 Å². The van der Waals surface area contributed by atoms with Crippen LogP contribution in [0.5, 0.6) is 5.75 Å². The van der Waals surface area contributed by atoms with Crippen LogP contribution >= 0.6 is 12.4 Å². The van der Waals surface area contributed by atoms with E-state index in [9.17, 15) is 0 Å². The highest BCUT2D eigenvalue weighted by molar-refractivity contribution is 5.89. The van der Waals surface area contributed by atoms with Crippen LogP contribution in [0.2, 0.25) is 0 Å². The molecule has 0 aliphatic rings. The van der Waals surface area contributed by atoms with Gasteiger partial charge >= 0.3 is 0 Å². The molecule has 24 heavy (non-hydrogen) atoms. The van der Waals surface area contributed by atoms with Crippen molar-refractivity contribution in [1.29, 1.82) is 0 Å². The number of hydrogen-bond acceptors (Lipinski definition) is 4. The van der Waals surface area contributed by atoms with Gasteiger partial charge in [-0.05, 0) is 51.1 Å². The molecule has 0 radical (unpaired) electrons. The molecule has 1 aromatic carbocycles. The first-order valence-corrected chi connectivity index (χ1v) is 7.74. The lowest BCUT2D eigenvalue weighted by atomic mass is 10.2. The predicted octanol–water partition coefficient (Wildman–Crippen LogP) is 4.52. The van der Waals surface area contributed by atoms with Crippen molar-refractivity contribution in [3.05, 3.63) is 42.4 Å². The van der Waals surface area contributed by atoms with E-state index >= 15 is 0 Å². The normalized spacial score (nSPS) is 10.8. The Morgan fingerprint density at radius 1 is 1.08 bits per heavy atom. The molecule has 0 bridgehead atoms. The first-order chi connectivity index (χ1) is 11.0. The van der Waals surface area contributed by atoms with Gasteiger partial charge in [0, 0.05) is 25.0 Å². The van der Waals surface area contributed by atoms with E-state index in [1.165, 1.54) is 0 Å². The van der Waals surface area contributed by atoms with Crippen LogP contribution in [0.1, 0.15) is 25.7 Å². The molecule has 0 aliphatic carbocycles. The van der Waals surface area contributed by atoms with Crippen LogP contribution in [0.4, 0.5) is 11.5 Å². The van der Waals surface area contributed by atoms with Crippen LogP contribution in [0.25, 0.3) is 11.0 Å². The van der Waals surface area contributed by atoms with Gasteiger partial charge in [-0.15, -0.1) is 12.4 Å². The maximum absolute atomic E-state index is 5.23. The topological polar surface area (TPSA) is 43.2 Å². The van der Waals surface area contributed by atoms with E-state index in [0.29, 0.717) is 6.04 Å². The van der Waals surface area contributed by atoms with Crippen LogP contribution in [0, 0.1) is 6.92 Å². The van der Waals surface area contributed by atoms with Crippen molar-refractivity contribution in [2.45, 2.75) is 26.8 Å². The fourth-order valence-electron chi connectivity index (χ4n) is 2.75. The van der Waals surface area contributed by atoms with Gasteiger partial charge in [-0.2, -0.15) is 0 Å². The summed E-state index contributed by atoms with van der Waals surface area (Å²) in [6, 6.07) is 10.4. The van der Waals surface area contributed by atoms with Crippen molar-refractivity contribution in [2.24, 2.45) is 0 Å². The summed E-state index contributed by atoms with van der Waals surface area (Å²) in [4.78, 5) is 11.4. The molecule has 0 atom stereocenters. The molecule has 0 amide bonds. The summed E-state index contributed by atoms with van der Waals surface area (Å²) in [7, 11) is 3.70. The van der Waals surface area contributed by atoms with Crippen LogP contribution in [0.15, 0.2) is 36.5 Å². The summed E-state index contributed by atoms with van der Waals surface area (Å²) < 4.78 is 7.45. The average Bonchev–Trinajstić information content (AvgIpc) is 2.97. The monoisotopic (exact) mass is 346 g/mol. The van der Waals surface area contributed by atoms with Crippen molar-refractivity contribution in [3.63, 3.8) is 0 Å². The van der Waals surface area contributed by atoms with E-state index in [2.05, 4.69) is 40.6 Å². The van der Waals surface area contributed by atoms with E-state index in [1.807, 2.05) is 38.2 Å². The highest BCUT2D eigenvalue weighted by atomic mass is 35.5. The van der Waals surface area contributed by atoms with Gasteiger partial charge in [0.25, 0.3) is 0 Å². The maximum atomic E-state index is 5.23. The smallest absolute Gasteiger partial charge is 0.161 e. The van der Waals surface area contributed by atoms with Gasteiger partial charge in [0.05, 0.1) is 12.6 Å². The van der Waals surface area contributed by atoms with Crippen molar-refractivity contribution in [3.8, 4) is 5.75 Å². The second-order valence-electron chi connectivity index (χ2n) is 5.90. The lowest BCUT2D eigenvalue weighted by Gasteiger charge is -2.22. The number of anilines is 2. The molecule has 0 fully saturated rings. The number of benzene rings is 1. The summed E-state index contributed by atoms with van der Waals surface area (Å²) in [6.45, 7) is 6.25. The number of aromatic nitrogens is 3. The van der Waals surface area contributed by atoms with Gasteiger partial charge in [0.2, 0.25) is 0 Å². The van der Waals surface area contributed by atoms with Crippen LogP contribution in [0.3, 0.4) is 0 Å². The van der Waals surface area contributed by atoms with Gasteiger partial charge < -0.3 is 14.2 Å². The summed E-state index contributed by atoms with van der Waals surface area (Å²) in [5.41, 5.74) is 3.09. The third-order valence-electron chi connectivity index (χ3n) is 3.99. The Kier molecular flexibility index (Phi) is 5.34. The minimum Gasteiger partial charge on any atom is -0.497 e. The number of ether oxygens (including phenoxy) is 1. The van der Waals surface area contributed by atoms with E-state index < -0.39 is 0 Å². The fraction of sp³-hybridized carbons (Fsp3) is 0.333. The molecular formula is C18H23ClN4O. The zero-order chi connectivity index (χ0) is 16.6. The molecule has 0 saturated carbocycles. The van der Waals surface area contributed by atoms with Gasteiger partial charge in [-0.1, -0.05) is 0 Å². The van der Waals surface area contributed by atoms with Gasteiger partial charge in [-0.25, -0.2) is 9.97 Å². The van der Waals surface area contributed by atoms with Crippen molar-refractivity contribution in [1.82, 2.24) is 14.5 Å². The van der Waals surface area contributed by atoms with Crippen molar-refractivity contribution >= 4 is 34.9 Å². The van der Waals surface area contributed by atoms with Crippen LogP contribution in [-0.2, 0) is 0 Å². The Morgan fingerprint density at radius 2 is 1.75 bits per heavy atom.